The first-order chi connectivity index (χ1) is 4.66. The van der Waals surface area contributed by atoms with E-state index in [2.05, 4.69) is 13.8 Å². The standard InChI is InChI=1S/C7H13ClO2S/c1-6(2)4-7(6,3)5-11(8,9)10/h4-5H2,1-3H3. The van der Waals surface area contributed by atoms with E-state index >= 15 is 0 Å². The molecule has 0 spiro atoms. The Balaban J connectivity index is 2.68. The van der Waals surface area contributed by atoms with Crippen LogP contribution >= 0.6 is 10.7 Å². The van der Waals surface area contributed by atoms with Crippen LogP contribution in [0, 0.1) is 10.8 Å². The van der Waals surface area contributed by atoms with Crippen LogP contribution in [0.4, 0.5) is 0 Å². The molecule has 0 aliphatic heterocycles. The maximum Gasteiger partial charge on any atom is 0.233 e. The van der Waals surface area contributed by atoms with Crippen LogP contribution in [-0.2, 0) is 9.05 Å². The van der Waals surface area contributed by atoms with Crippen molar-refractivity contribution in [1.29, 1.82) is 0 Å². The Morgan fingerprint density at radius 1 is 1.36 bits per heavy atom. The molecule has 1 rings (SSSR count). The van der Waals surface area contributed by atoms with Crippen LogP contribution in [0.5, 0.6) is 0 Å². The highest BCUT2D eigenvalue weighted by Gasteiger charge is 2.58. The average Bonchev–Trinajstić information content (AvgIpc) is 1.96. The van der Waals surface area contributed by atoms with Gasteiger partial charge in [0.1, 0.15) is 0 Å². The van der Waals surface area contributed by atoms with Gasteiger partial charge in [0.05, 0.1) is 5.75 Å². The first-order valence-electron chi connectivity index (χ1n) is 3.59. The van der Waals surface area contributed by atoms with Gasteiger partial charge in [-0.2, -0.15) is 0 Å². The second kappa shape index (κ2) is 2.13. The van der Waals surface area contributed by atoms with Gasteiger partial charge >= 0.3 is 0 Å². The fraction of sp³-hybridized carbons (Fsp3) is 1.00. The lowest BCUT2D eigenvalue weighted by Crippen LogP contribution is -2.14. The summed E-state index contributed by atoms with van der Waals surface area (Å²) >= 11 is 0. The molecular weight excluding hydrogens is 184 g/mol. The largest absolute Gasteiger partial charge is 0.233 e. The maximum atomic E-state index is 10.7. The van der Waals surface area contributed by atoms with E-state index < -0.39 is 9.05 Å². The highest BCUT2D eigenvalue weighted by Crippen LogP contribution is 2.63. The summed E-state index contributed by atoms with van der Waals surface area (Å²) < 4.78 is 21.5. The molecule has 4 heteroatoms. The minimum atomic E-state index is -3.32. The van der Waals surface area contributed by atoms with Crippen molar-refractivity contribution in [3.05, 3.63) is 0 Å². The van der Waals surface area contributed by atoms with Crippen molar-refractivity contribution in [2.24, 2.45) is 10.8 Å². The summed E-state index contributed by atoms with van der Waals surface area (Å²) in [6.45, 7) is 6.09. The molecule has 0 aromatic carbocycles. The minimum absolute atomic E-state index is 0.0897. The Morgan fingerprint density at radius 3 is 1.82 bits per heavy atom. The summed E-state index contributed by atoms with van der Waals surface area (Å²) in [5.41, 5.74) is 0.0581. The fourth-order valence-electron chi connectivity index (χ4n) is 1.56. The lowest BCUT2D eigenvalue weighted by Gasteiger charge is -2.11. The Morgan fingerprint density at radius 2 is 1.73 bits per heavy atom. The van der Waals surface area contributed by atoms with E-state index in [9.17, 15) is 8.42 Å². The predicted molar refractivity (Wildman–Crippen MR) is 46.1 cm³/mol. The Bertz CT molecular complexity index is 268. The van der Waals surface area contributed by atoms with Gasteiger partial charge in [-0.15, -0.1) is 0 Å². The van der Waals surface area contributed by atoms with Gasteiger partial charge in [0.25, 0.3) is 0 Å². The quantitative estimate of drug-likeness (QED) is 0.633. The Hall–Kier alpha value is 0.240. The molecule has 0 N–H and O–H groups in total. The first kappa shape index (κ1) is 9.33. The molecule has 1 atom stereocenters. The summed E-state index contributed by atoms with van der Waals surface area (Å²) in [4.78, 5) is 0. The monoisotopic (exact) mass is 196 g/mol. The minimum Gasteiger partial charge on any atom is -0.212 e. The third kappa shape index (κ3) is 1.88. The molecule has 2 nitrogen and oxygen atoms in total. The van der Waals surface area contributed by atoms with E-state index in [0.717, 1.165) is 6.42 Å². The van der Waals surface area contributed by atoms with Crippen molar-refractivity contribution in [3.8, 4) is 0 Å². The molecule has 0 radical (unpaired) electrons. The van der Waals surface area contributed by atoms with Crippen LogP contribution in [-0.4, -0.2) is 14.2 Å². The molecule has 1 aliphatic carbocycles. The SMILES string of the molecule is CC1(C)CC1(C)CS(=O)(=O)Cl. The molecule has 66 valence electrons. The van der Waals surface area contributed by atoms with Crippen LogP contribution in [0.25, 0.3) is 0 Å². The molecule has 0 bridgehead atoms. The van der Waals surface area contributed by atoms with E-state index in [4.69, 9.17) is 10.7 Å². The Kier molecular flexibility index (Phi) is 1.81. The molecule has 1 aliphatic rings. The maximum absolute atomic E-state index is 10.7. The number of rotatable bonds is 2. The van der Waals surface area contributed by atoms with Crippen LogP contribution in [0.15, 0.2) is 0 Å². The summed E-state index contributed by atoms with van der Waals surface area (Å²) in [5, 5.41) is 0. The number of hydrogen-bond donors (Lipinski definition) is 0. The predicted octanol–water partition coefficient (Wildman–Crippen LogP) is 1.99. The van der Waals surface area contributed by atoms with Crippen molar-refractivity contribution >= 4 is 19.7 Å². The van der Waals surface area contributed by atoms with Crippen LogP contribution < -0.4 is 0 Å². The van der Waals surface area contributed by atoms with E-state index in [1.807, 2.05) is 6.92 Å². The van der Waals surface area contributed by atoms with Crippen molar-refractivity contribution in [1.82, 2.24) is 0 Å². The lowest BCUT2D eigenvalue weighted by molar-refractivity contribution is 0.455. The smallest absolute Gasteiger partial charge is 0.212 e. The molecule has 0 saturated heterocycles. The summed E-state index contributed by atoms with van der Waals surface area (Å²) in [7, 11) is 1.84. The number of halogens is 1. The zero-order valence-electron chi connectivity index (χ0n) is 7.02. The average molecular weight is 197 g/mol. The normalized spacial score (nSPS) is 35.3. The second-order valence-corrected chi connectivity index (χ2v) is 7.08. The molecular formula is C7H13ClO2S. The first-order valence-corrected chi connectivity index (χ1v) is 6.07. The Labute approximate surface area is 72.4 Å². The van der Waals surface area contributed by atoms with Gasteiger partial charge in [-0.05, 0) is 17.3 Å². The van der Waals surface area contributed by atoms with Gasteiger partial charge in [0, 0.05) is 10.7 Å². The summed E-state index contributed by atoms with van der Waals surface area (Å²) in [6, 6.07) is 0. The molecule has 0 aromatic rings. The van der Waals surface area contributed by atoms with E-state index in [1.165, 1.54) is 0 Å². The van der Waals surface area contributed by atoms with Crippen LogP contribution in [0.2, 0.25) is 0 Å². The molecule has 0 heterocycles. The lowest BCUT2D eigenvalue weighted by atomic mass is 10.0. The van der Waals surface area contributed by atoms with Gasteiger partial charge in [-0.3, -0.25) is 0 Å². The third-order valence-corrected chi connectivity index (χ3v) is 4.14. The van der Waals surface area contributed by atoms with Gasteiger partial charge in [0.15, 0.2) is 0 Å². The molecule has 1 unspecified atom stereocenters. The van der Waals surface area contributed by atoms with Gasteiger partial charge in [0.2, 0.25) is 9.05 Å². The zero-order chi connectivity index (χ0) is 8.91. The van der Waals surface area contributed by atoms with Crippen LogP contribution in [0.1, 0.15) is 27.2 Å². The van der Waals surface area contributed by atoms with E-state index in [-0.39, 0.29) is 16.6 Å². The van der Waals surface area contributed by atoms with Gasteiger partial charge in [-0.25, -0.2) is 8.42 Å². The van der Waals surface area contributed by atoms with Crippen molar-refractivity contribution < 1.29 is 8.42 Å². The molecule has 1 saturated carbocycles. The topological polar surface area (TPSA) is 34.1 Å². The van der Waals surface area contributed by atoms with Gasteiger partial charge < -0.3 is 0 Å². The second-order valence-electron chi connectivity index (χ2n) is 4.30. The van der Waals surface area contributed by atoms with Crippen molar-refractivity contribution in [2.75, 3.05) is 5.75 Å². The van der Waals surface area contributed by atoms with E-state index in [0.29, 0.717) is 0 Å². The van der Waals surface area contributed by atoms with Crippen molar-refractivity contribution in [3.63, 3.8) is 0 Å². The van der Waals surface area contributed by atoms with Gasteiger partial charge in [-0.1, -0.05) is 20.8 Å². The molecule has 11 heavy (non-hydrogen) atoms. The highest BCUT2D eigenvalue weighted by molar-refractivity contribution is 8.13. The molecule has 1 fully saturated rings. The highest BCUT2D eigenvalue weighted by atomic mass is 35.7. The van der Waals surface area contributed by atoms with E-state index in [1.54, 1.807) is 0 Å². The zero-order valence-corrected chi connectivity index (χ0v) is 8.59. The fourth-order valence-corrected chi connectivity index (χ4v) is 3.53. The summed E-state index contributed by atoms with van der Waals surface area (Å²) in [5.74, 6) is 0.106. The van der Waals surface area contributed by atoms with Crippen molar-refractivity contribution in [2.45, 2.75) is 27.2 Å². The molecule has 0 aromatic heterocycles. The number of hydrogen-bond acceptors (Lipinski definition) is 2. The molecule has 0 amide bonds. The van der Waals surface area contributed by atoms with Crippen LogP contribution in [0.3, 0.4) is 0 Å². The summed E-state index contributed by atoms with van der Waals surface area (Å²) in [6.07, 6.45) is 0.950. The third-order valence-electron chi connectivity index (χ3n) is 2.83.